The number of carbonyl (C=O) groups excluding carboxylic acids is 1. The second-order valence-electron chi connectivity index (χ2n) is 2.80. The normalized spacial score (nSPS) is 19.1. The topological polar surface area (TPSA) is 53.0 Å². The molecule has 0 aromatic rings. The summed E-state index contributed by atoms with van der Waals surface area (Å²) in [7, 11) is 0. The van der Waals surface area contributed by atoms with E-state index >= 15 is 0 Å². The minimum atomic E-state index is 0.363. The first-order chi connectivity index (χ1) is 5.77. The largest absolute Gasteiger partial charge is 0.376 e. The zero-order valence-corrected chi connectivity index (χ0v) is 8.23. The maximum absolute atomic E-state index is 10.4. The van der Waals surface area contributed by atoms with Gasteiger partial charge in [-0.05, 0) is 35.2 Å². The van der Waals surface area contributed by atoms with E-state index in [2.05, 4.69) is 21.2 Å². The van der Waals surface area contributed by atoms with Gasteiger partial charge in [0.15, 0.2) is 6.29 Å². The maximum Gasteiger partial charge on any atom is 0.154 e. The molecule has 0 bridgehead atoms. The Hall–Kier alpha value is -0.640. The Bertz CT molecular complexity index is 211. The summed E-state index contributed by atoms with van der Waals surface area (Å²) < 4.78 is 0.636. The molecule has 0 aromatic carbocycles. The van der Waals surface area contributed by atoms with E-state index in [1.807, 2.05) is 0 Å². The molecule has 1 aliphatic carbocycles. The lowest BCUT2D eigenvalue weighted by Gasteiger charge is -2.27. The van der Waals surface area contributed by atoms with E-state index in [1.165, 1.54) is 6.42 Å². The highest BCUT2D eigenvalue weighted by atomic mass is 79.9. The van der Waals surface area contributed by atoms with E-state index in [0.29, 0.717) is 22.5 Å². The molecular weight excluding hydrogens is 220 g/mol. The van der Waals surface area contributed by atoms with Gasteiger partial charge in [0.05, 0.1) is 10.2 Å². The Kier molecular flexibility index (Phi) is 3.47. The van der Waals surface area contributed by atoms with E-state index in [-0.39, 0.29) is 0 Å². The predicted octanol–water partition coefficient (Wildman–Crippen LogP) is 1.58. The van der Waals surface area contributed by atoms with Gasteiger partial charge in [0.2, 0.25) is 0 Å². The molecule has 1 fully saturated rings. The highest BCUT2D eigenvalue weighted by molar-refractivity contribution is 9.11. The van der Waals surface area contributed by atoms with Crippen molar-refractivity contribution >= 4 is 28.4 Å². The molecule has 0 heterocycles. The number of carbonyl (C=O) groups is 1. The highest BCUT2D eigenvalue weighted by Crippen LogP contribution is 2.21. The smallest absolute Gasteiger partial charge is 0.154 e. The molecule has 4 heteroatoms. The average Bonchev–Trinajstić information content (AvgIpc) is 1.99. The van der Waals surface area contributed by atoms with Crippen LogP contribution in [0.15, 0.2) is 10.2 Å². The van der Waals surface area contributed by atoms with Gasteiger partial charge in [0.25, 0.3) is 0 Å². The van der Waals surface area contributed by atoms with Gasteiger partial charge in [-0.3, -0.25) is 4.79 Å². The first-order valence-corrected chi connectivity index (χ1v) is 4.69. The minimum absolute atomic E-state index is 0.363. The van der Waals surface area contributed by atoms with Crippen LogP contribution < -0.4 is 5.32 Å². The summed E-state index contributed by atoms with van der Waals surface area (Å²) in [4.78, 5) is 10.4. The van der Waals surface area contributed by atoms with E-state index in [4.69, 9.17) is 5.41 Å². The van der Waals surface area contributed by atoms with Crippen LogP contribution in [0.4, 0.5) is 0 Å². The summed E-state index contributed by atoms with van der Waals surface area (Å²) in [6.07, 6.45) is 5.27. The molecule has 0 amide bonds. The van der Waals surface area contributed by atoms with Gasteiger partial charge in [-0.25, -0.2) is 0 Å². The maximum atomic E-state index is 10.4. The van der Waals surface area contributed by atoms with Gasteiger partial charge in [-0.2, -0.15) is 0 Å². The van der Waals surface area contributed by atoms with Crippen molar-refractivity contribution in [3.8, 4) is 0 Å². The van der Waals surface area contributed by atoms with Crippen molar-refractivity contribution in [3.05, 3.63) is 10.2 Å². The van der Waals surface area contributed by atoms with Crippen LogP contribution in [0.3, 0.4) is 0 Å². The number of hydrogen-bond donors (Lipinski definition) is 2. The predicted molar refractivity (Wildman–Crippen MR) is 51.6 cm³/mol. The standard InChI is InChI=1S/C8H11BrN2O/c9-8(6(4-10)5-12)11-7-2-1-3-7/h4-5,7,10-11H,1-3H2/b8-6+,10-4?. The molecule has 0 spiro atoms. The van der Waals surface area contributed by atoms with Crippen LogP contribution in [0.1, 0.15) is 19.3 Å². The molecule has 0 aromatic heterocycles. The van der Waals surface area contributed by atoms with Crippen molar-refractivity contribution in [2.24, 2.45) is 0 Å². The van der Waals surface area contributed by atoms with Crippen LogP contribution in [0, 0.1) is 5.41 Å². The van der Waals surface area contributed by atoms with Crippen molar-refractivity contribution in [1.82, 2.24) is 5.32 Å². The van der Waals surface area contributed by atoms with Crippen LogP contribution in [-0.4, -0.2) is 18.5 Å². The van der Waals surface area contributed by atoms with Crippen LogP contribution >= 0.6 is 15.9 Å². The molecule has 3 nitrogen and oxygen atoms in total. The Balaban J connectivity index is 2.52. The van der Waals surface area contributed by atoms with Crippen molar-refractivity contribution < 1.29 is 4.79 Å². The third kappa shape index (κ3) is 2.17. The summed E-state index contributed by atoms with van der Waals surface area (Å²) in [6.45, 7) is 0. The molecule has 12 heavy (non-hydrogen) atoms. The number of aldehydes is 1. The fourth-order valence-corrected chi connectivity index (χ4v) is 1.50. The summed E-state index contributed by atoms with van der Waals surface area (Å²) in [5.74, 6) is 0. The summed E-state index contributed by atoms with van der Waals surface area (Å²) in [5.41, 5.74) is 0.363. The number of nitrogens with one attached hydrogen (secondary N) is 2. The van der Waals surface area contributed by atoms with E-state index in [9.17, 15) is 4.79 Å². The number of allylic oxidation sites excluding steroid dienone is 1. The Morgan fingerprint density at radius 2 is 2.25 bits per heavy atom. The van der Waals surface area contributed by atoms with E-state index in [0.717, 1.165) is 19.1 Å². The summed E-state index contributed by atoms with van der Waals surface area (Å²) in [5, 5.41) is 10.1. The van der Waals surface area contributed by atoms with Crippen molar-refractivity contribution in [3.63, 3.8) is 0 Å². The lowest BCUT2D eigenvalue weighted by atomic mass is 9.93. The molecule has 2 N–H and O–H groups in total. The molecule has 0 aliphatic heterocycles. The molecule has 0 atom stereocenters. The van der Waals surface area contributed by atoms with Gasteiger partial charge in [0.1, 0.15) is 0 Å². The van der Waals surface area contributed by atoms with Gasteiger partial charge >= 0.3 is 0 Å². The molecular formula is C8H11BrN2O. The quantitative estimate of drug-likeness (QED) is 0.334. The number of rotatable bonds is 4. The Labute approximate surface area is 79.9 Å². The van der Waals surface area contributed by atoms with Crippen LogP contribution in [-0.2, 0) is 4.79 Å². The molecule has 0 saturated heterocycles. The Morgan fingerprint density at radius 1 is 1.58 bits per heavy atom. The summed E-state index contributed by atoms with van der Waals surface area (Å²) >= 11 is 3.23. The molecule has 0 unspecified atom stereocenters. The highest BCUT2D eigenvalue weighted by Gasteiger charge is 2.17. The van der Waals surface area contributed by atoms with E-state index in [1.54, 1.807) is 0 Å². The second-order valence-corrected chi connectivity index (χ2v) is 3.60. The SMILES string of the molecule is N=C/C(C=O)=C(/Br)NC1CCC1. The number of halogens is 1. The molecule has 1 saturated carbocycles. The van der Waals surface area contributed by atoms with Crippen molar-refractivity contribution in [1.29, 1.82) is 5.41 Å². The monoisotopic (exact) mass is 230 g/mol. The fraction of sp³-hybridized carbons (Fsp3) is 0.500. The fourth-order valence-electron chi connectivity index (χ4n) is 0.964. The lowest BCUT2D eigenvalue weighted by molar-refractivity contribution is -0.104. The minimum Gasteiger partial charge on any atom is -0.376 e. The molecule has 1 rings (SSSR count). The zero-order chi connectivity index (χ0) is 8.97. The van der Waals surface area contributed by atoms with Gasteiger partial charge in [0, 0.05) is 12.3 Å². The Morgan fingerprint density at radius 3 is 2.58 bits per heavy atom. The van der Waals surface area contributed by atoms with E-state index < -0.39 is 0 Å². The molecule has 1 aliphatic rings. The van der Waals surface area contributed by atoms with Crippen molar-refractivity contribution in [2.75, 3.05) is 0 Å². The molecule has 66 valence electrons. The van der Waals surface area contributed by atoms with Crippen LogP contribution in [0.2, 0.25) is 0 Å². The first kappa shape index (κ1) is 9.45. The van der Waals surface area contributed by atoms with Crippen molar-refractivity contribution in [2.45, 2.75) is 25.3 Å². The van der Waals surface area contributed by atoms with Gasteiger partial charge in [-0.15, -0.1) is 0 Å². The average molecular weight is 231 g/mol. The van der Waals surface area contributed by atoms with Crippen LogP contribution in [0.5, 0.6) is 0 Å². The summed E-state index contributed by atoms with van der Waals surface area (Å²) in [6, 6.07) is 0.481. The third-order valence-corrected chi connectivity index (χ3v) is 2.66. The van der Waals surface area contributed by atoms with Gasteiger partial charge < -0.3 is 10.7 Å². The lowest BCUT2D eigenvalue weighted by Crippen LogP contribution is -2.33. The first-order valence-electron chi connectivity index (χ1n) is 3.90. The zero-order valence-electron chi connectivity index (χ0n) is 6.64. The second kappa shape index (κ2) is 4.40. The van der Waals surface area contributed by atoms with Gasteiger partial charge in [-0.1, -0.05) is 0 Å². The number of hydrogen-bond acceptors (Lipinski definition) is 3. The third-order valence-electron chi connectivity index (χ3n) is 1.97. The molecule has 0 radical (unpaired) electrons. The van der Waals surface area contributed by atoms with Crippen LogP contribution in [0.25, 0.3) is 0 Å².